The lowest BCUT2D eigenvalue weighted by molar-refractivity contribution is -0.155. The summed E-state index contributed by atoms with van der Waals surface area (Å²) in [6.45, 7) is 5.58. The summed E-state index contributed by atoms with van der Waals surface area (Å²) in [7, 11) is 0. The van der Waals surface area contributed by atoms with Crippen LogP contribution in [0.1, 0.15) is 84.1 Å². The van der Waals surface area contributed by atoms with E-state index in [1.54, 1.807) is 20.8 Å². The number of hydrogen-bond donors (Lipinski definition) is 1. The van der Waals surface area contributed by atoms with E-state index in [-0.39, 0.29) is 24.0 Å². The lowest BCUT2D eigenvalue weighted by Crippen LogP contribution is -2.57. The van der Waals surface area contributed by atoms with E-state index in [9.17, 15) is 19.5 Å². The molecule has 1 aromatic rings. The van der Waals surface area contributed by atoms with Crippen molar-refractivity contribution in [2.24, 2.45) is 5.41 Å². The van der Waals surface area contributed by atoms with E-state index in [0.29, 0.717) is 13.0 Å². The number of carboxylic acids is 1. The highest BCUT2D eigenvalue weighted by atomic mass is 79.9. The van der Waals surface area contributed by atoms with Crippen molar-refractivity contribution in [3.05, 3.63) is 34.3 Å². The van der Waals surface area contributed by atoms with Crippen molar-refractivity contribution < 1.29 is 24.2 Å². The Hall–Kier alpha value is -1.89. The zero-order chi connectivity index (χ0) is 24.1. The third kappa shape index (κ3) is 4.33. The molecular weight excluding hydrogens is 486 g/mol. The number of Topliss-reactive ketones (excluding diaryl/α,β-unsaturated/α-hetero) is 1. The molecule has 180 valence electrons. The fourth-order valence-electron chi connectivity index (χ4n) is 6.25. The Morgan fingerprint density at radius 2 is 1.70 bits per heavy atom. The number of ketones is 1. The van der Waals surface area contributed by atoms with Gasteiger partial charge in [-0.1, -0.05) is 28.1 Å². The van der Waals surface area contributed by atoms with Gasteiger partial charge in [0, 0.05) is 22.9 Å². The van der Waals surface area contributed by atoms with Crippen LogP contribution >= 0.6 is 15.9 Å². The number of likely N-dealkylation sites (tertiary alicyclic amines) is 1. The number of hydrogen-bond acceptors (Lipinski definition) is 4. The Balaban J connectivity index is 1.53. The molecule has 7 heteroatoms. The molecular formula is C26H34BrNO5. The number of ether oxygens (including phenoxy) is 1. The van der Waals surface area contributed by atoms with Crippen LogP contribution in [0.3, 0.4) is 0 Å². The third-order valence-corrected chi connectivity index (χ3v) is 8.72. The van der Waals surface area contributed by atoms with Gasteiger partial charge in [0.05, 0.1) is 0 Å². The molecule has 1 aromatic carbocycles. The van der Waals surface area contributed by atoms with E-state index < -0.39 is 28.6 Å². The summed E-state index contributed by atoms with van der Waals surface area (Å²) in [6.07, 6.45) is 5.20. The van der Waals surface area contributed by atoms with Crippen LogP contribution in [-0.4, -0.2) is 45.5 Å². The molecule has 1 saturated heterocycles. The second kappa shape index (κ2) is 8.40. The summed E-state index contributed by atoms with van der Waals surface area (Å²) in [4.78, 5) is 40.4. The maximum atomic E-state index is 13.7. The lowest BCUT2D eigenvalue weighted by atomic mass is 9.50. The van der Waals surface area contributed by atoms with Crippen LogP contribution in [-0.2, 0) is 19.7 Å². The number of fused-ring (bicyclic) bond motifs is 3. The molecule has 33 heavy (non-hydrogen) atoms. The molecule has 1 N–H and O–H groups in total. The molecule has 4 fully saturated rings. The van der Waals surface area contributed by atoms with Crippen LogP contribution in [0, 0.1) is 5.41 Å². The first-order valence-electron chi connectivity index (χ1n) is 11.9. The van der Waals surface area contributed by atoms with Gasteiger partial charge in [-0.05, 0) is 95.2 Å². The first-order valence-corrected chi connectivity index (χ1v) is 12.7. The molecule has 3 aliphatic carbocycles. The minimum absolute atomic E-state index is 0.00269. The van der Waals surface area contributed by atoms with Crippen LogP contribution in [0.4, 0.5) is 4.79 Å². The SMILES string of the molecule is CC(C)(C)OC(=O)N1CCC[C@@]1(CC(=O)C12CCC(c3cccc(Br)c3)(CC1)CC2)C(=O)O. The number of aliphatic carboxylic acids is 1. The summed E-state index contributed by atoms with van der Waals surface area (Å²) < 4.78 is 6.56. The van der Waals surface area contributed by atoms with Crippen LogP contribution in [0.15, 0.2) is 28.7 Å². The average Bonchev–Trinajstić information content (AvgIpc) is 3.19. The number of rotatable bonds is 5. The van der Waals surface area contributed by atoms with Gasteiger partial charge in [0.15, 0.2) is 5.54 Å². The second-order valence-electron chi connectivity index (χ2n) is 11.2. The highest BCUT2D eigenvalue weighted by molar-refractivity contribution is 9.10. The molecule has 5 rings (SSSR count). The number of carboxylic acid groups (broad SMARTS) is 1. The minimum Gasteiger partial charge on any atom is -0.479 e. The maximum Gasteiger partial charge on any atom is 0.411 e. The molecule has 2 bridgehead atoms. The Labute approximate surface area is 204 Å². The highest BCUT2D eigenvalue weighted by Crippen LogP contribution is 2.59. The first kappa shape index (κ1) is 24.2. The fourth-order valence-corrected chi connectivity index (χ4v) is 6.65. The Kier molecular flexibility index (Phi) is 6.17. The van der Waals surface area contributed by atoms with Crippen LogP contribution in [0.25, 0.3) is 0 Å². The van der Waals surface area contributed by atoms with Crippen molar-refractivity contribution in [1.29, 1.82) is 0 Å². The molecule has 4 aliphatic rings. The van der Waals surface area contributed by atoms with Crippen LogP contribution < -0.4 is 0 Å². The number of carbonyl (C=O) groups excluding carboxylic acids is 2. The molecule has 6 nitrogen and oxygen atoms in total. The predicted octanol–water partition coefficient (Wildman–Crippen LogP) is 5.85. The Bertz CT molecular complexity index is 943. The van der Waals surface area contributed by atoms with Gasteiger partial charge in [-0.2, -0.15) is 0 Å². The van der Waals surface area contributed by atoms with Crippen molar-refractivity contribution >= 4 is 33.8 Å². The van der Waals surface area contributed by atoms with E-state index in [0.717, 1.165) is 43.0 Å². The zero-order valence-corrected chi connectivity index (χ0v) is 21.4. The van der Waals surface area contributed by atoms with E-state index in [1.165, 1.54) is 10.5 Å². The van der Waals surface area contributed by atoms with Crippen molar-refractivity contribution in [1.82, 2.24) is 4.90 Å². The molecule has 0 spiro atoms. The van der Waals surface area contributed by atoms with E-state index in [4.69, 9.17) is 4.74 Å². The van der Waals surface area contributed by atoms with E-state index in [1.807, 2.05) is 6.07 Å². The minimum atomic E-state index is -1.51. The third-order valence-electron chi connectivity index (χ3n) is 8.23. The number of halogens is 1. The van der Waals surface area contributed by atoms with Gasteiger partial charge in [-0.3, -0.25) is 9.69 Å². The van der Waals surface area contributed by atoms with Crippen molar-refractivity contribution in [2.75, 3.05) is 6.54 Å². The van der Waals surface area contributed by atoms with Gasteiger partial charge in [0.1, 0.15) is 11.4 Å². The van der Waals surface area contributed by atoms with Gasteiger partial charge < -0.3 is 9.84 Å². The number of carbonyl (C=O) groups is 3. The number of benzene rings is 1. The van der Waals surface area contributed by atoms with Crippen molar-refractivity contribution in [2.45, 2.75) is 95.1 Å². The van der Waals surface area contributed by atoms with Gasteiger partial charge >= 0.3 is 12.1 Å². The quantitative estimate of drug-likeness (QED) is 0.526. The Morgan fingerprint density at radius 3 is 2.24 bits per heavy atom. The van der Waals surface area contributed by atoms with Gasteiger partial charge in [-0.25, -0.2) is 9.59 Å². The molecule has 1 aliphatic heterocycles. The number of amides is 1. The molecule has 1 amide bonds. The molecule has 0 aromatic heterocycles. The molecule has 0 unspecified atom stereocenters. The smallest absolute Gasteiger partial charge is 0.411 e. The van der Waals surface area contributed by atoms with Gasteiger partial charge in [0.25, 0.3) is 0 Å². The highest BCUT2D eigenvalue weighted by Gasteiger charge is 2.58. The van der Waals surface area contributed by atoms with Gasteiger partial charge in [0.2, 0.25) is 0 Å². The monoisotopic (exact) mass is 519 g/mol. The summed E-state index contributed by atoms with van der Waals surface area (Å²) in [5.74, 6) is -1.10. The number of nitrogens with zero attached hydrogens (tertiary/aromatic N) is 1. The first-order chi connectivity index (χ1) is 15.4. The topological polar surface area (TPSA) is 83.9 Å². The summed E-state index contributed by atoms with van der Waals surface area (Å²) in [5.41, 5.74) is -1.28. The molecule has 1 atom stereocenters. The standard InChI is InChI=1S/C26H34BrNO5/c1-23(2,3)33-22(32)28-15-5-8-26(28,21(30)31)17-20(29)25-12-9-24(10-13-25,11-14-25)18-6-4-7-19(27)16-18/h4,6-7,16H,5,8-15,17H2,1-3H3,(H,30,31)/t24?,25?,26-/m1/s1. The predicted molar refractivity (Wildman–Crippen MR) is 128 cm³/mol. The zero-order valence-electron chi connectivity index (χ0n) is 19.8. The second-order valence-corrected chi connectivity index (χ2v) is 12.2. The van der Waals surface area contributed by atoms with E-state index in [2.05, 4.69) is 34.1 Å². The van der Waals surface area contributed by atoms with Crippen LogP contribution in [0.5, 0.6) is 0 Å². The molecule has 1 heterocycles. The van der Waals surface area contributed by atoms with E-state index >= 15 is 0 Å². The Morgan fingerprint density at radius 1 is 1.06 bits per heavy atom. The molecule has 0 radical (unpaired) electrons. The largest absolute Gasteiger partial charge is 0.479 e. The fraction of sp³-hybridized carbons (Fsp3) is 0.654. The van der Waals surface area contributed by atoms with Gasteiger partial charge in [-0.15, -0.1) is 0 Å². The molecule has 3 saturated carbocycles. The average molecular weight is 520 g/mol. The summed E-state index contributed by atoms with van der Waals surface area (Å²) in [6, 6.07) is 8.47. The normalized spacial score (nSPS) is 31.5. The summed E-state index contributed by atoms with van der Waals surface area (Å²) in [5, 5.41) is 10.2. The van der Waals surface area contributed by atoms with Crippen molar-refractivity contribution in [3.63, 3.8) is 0 Å². The maximum absolute atomic E-state index is 13.7. The van der Waals surface area contributed by atoms with Crippen LogP contribution in [0.2, 0.25) is 0 Å². The summed E-state index contributed by atoms with van der Waals surface area (Å²) >= 11 is 3.58. The van der Waals surface area contributed by atoms with Crippen molar-refractivity contribution in [3.8, 4) is 0 Å². The lowest BCUT2D eigenvalue weighted by Gasteiger charge is -2.53.